The van der Waals surface area contributed by atoms with Gasteiger partial charge in [-0.15, -0.1) is 0 Å². The number of sulfonamides is 1. The molecule has 0 aliphatic heterocycles. The minimum Gasteiger partial charge on any atom is -0.384 e. The molecule has 122 valence electrons. The third-order valence-electron chi connectivity index (χ3n) is 2.86. The van der Waals surface area contributed by atoms with Gasteiger partial charge in [0.05, 0.1) is 5.69 Å². The molecule has 1 rings (SSSR count). The highest BCUT2D eigenvalue weighted by atomic mass is 32.2. The molecule has 0 aliphatic carbocycles. The third-order valence-corrected chi connectivity index (χ3v) is 3.81. The standard InChI is InChI=1S/C13H21N5O3S/c1-2-3-4-7-17-10-6-5-9(12(19)18-13(14)15)8-11(10)22(16,20)21/h5-6,8,17H,2-4,7H2,1H3,(H2,16,20,21)(H4,14,15,18,19). The lowest BCUT2D eigenvalue weighted by molar-refractivity contribution is 0.100. The van der Waals surface area contributed by atoms with Crippen molar-refractivity contribution in [3.63, 3.8) is 0 Å². The predicted molar refractivity (Wildman–Crippen MR) is 86.0 cm³/mol. The molecule has 1 amide bonds. The summed E-state index contributed by atoms with van der Waals surface area (Å²) in [6.45, 7) is 2.68. The van der Waals surface area contributed by atoms with Crippen LogP contribution >= 0.6 is 0 Å². The van der Waals surface area contributed by atoms with Gasteiger partial charge >= 0.3 is 0 Å². The lowest BCUT2D eigenvalue weighted by Crippen LogP contribution is -2.24. The third kappa shape index (κ3) is 5.34. The summed E-state index contributed by atoms with van der Waals surface area (Å²) in [5, 5.41) is 8.20. The molecule has 0 atom stereocenters. The van der Waals surface area contributed by atoms with Crippen molar-refractivity contribution in [2.45, 2.75) is 31.1 Å². The number of amides is 1. The minimum atomic E-state index is -3.99. The summed E-state index contributed by atoms with van der Waals surface area (Å²) in [6.07, 6.45) is 2.98. The average Bonchev–Trinajstić information content (AvgIpc) is 2.42. The number of nitrogens with one attached hydrogen (secondary N) is 1. The van der Waals surface area contributed by atoms with Gasteiger partial charge in [0.25, 0.3) is 5.91 Å². The molecule has 0 bridgehead atoms. The Balaban J connectivity index is 3.10. The maximum Gasteiger partial charge on any atom is 0.280 e. The van der Waals surface area contributed by atoms with Crippen LogP contribution in [0.1, 0.15) is 36.5 Å². The first kappa shape index (κ1) is 17.9. The van der Waals surface area contributed by atoms with Gasteiger partial charge < -0.3 is 16.8 Å². The van der Waals surface area contributed by atoms with Gasteiger partial charge in [-0.05, 0) is 24.6 Å². The second-order valence-corrected chi connectivity index (χ2v) is 6.26. The molecule has 0 saturated carbocycles. The van der Waals surface area contributed by atoms with Crippen LogP contribution in [-0.4, -0.2) is 26.8 Å². The molecule has 0 aromatic heterocycles. The van der Waals surface area contributed by atoms with Crippen LogP contribution in [0.4, 0.5) is 5.69 Å². The largest absolute Gasteiger partial charge is 0.384 e. The van der Waals surface area contributed by atoms with Crippen LogP contribution in [0.3, 0.4) is 0 Å². The quantitative estimate of drug-likeness (QED) is 0.322. The molecule has 0 unspecified atom stereocenters. The number of carbonyl (C=O) groups excluding carboxylic acids is 1. The second-order valence-electron chi connectivity index (χ2n) is 4.73. The van der Waals surface area contributed by atoms with E-state index >= 15 is 0 Å². The number of rotatable bonds is 7. The van der Waals surface area contributed by atoms with Crippen molar-refractivity contribution in [3.8, 4) is 0 Å². The molecule has 0 fully saturated rings. The van der Waals surface area contributed by atoms with Gasteiger partial charge in [-0.25, -0.2) is 13.6 Å². The Labute approximate surface area is 129 Å². The summed E-state index contributed by atoms with van der Waals surface area (Å²) in [4.78, 5) is 14.9. The summed E-state index contributed by atoms with van der Waals surface area (Å²) < 4.78 is 23.4. The summed E-state index contributed by atoms with van der Waals surface area (Å²) >= 11 is 0. The van der Waals surface area contributed by atoms with Crippen LogP contribution in [-0.2, 0) is 10.0 Å². The van der Waals surface area contributed by atoms with E-state index in [9.17, 15) is 13.2 Å². The molecule has 1 aromatic carbocycles. The van der Waals surface area contributed by atoms with Gasteiger partial charge in [0.2, 0.25) is 10.0 Å². The fourth-order valence-corrected chi connectivity index (χ4v) is 2.55. The van der Waals surface area contributed by atoms with E-state index in [1.807, 2.05) is 0 Å². The van der Waals surface area contributed by atoms with Gasteiger partial charge in [0, 0.05) is 12.1 Å². The normalized spacial score (nSPS) is 11.0. The van der Waals surface area contributed by atoms with Crippen LogP contribution in [0.15, 0.2) is 28.1 Å². The van der Waals surface area contributed by atoms with Crippen molar-refractivity contribution in [1.82, 2.24) is 0 Å². The van der Waals surface area contributed by atoms with Gasteiger partial charge in [-0.2, -0.15) is 4.99 Å². The fraction of sp³-hybridized carbons (Fsp3) is 0.385. The molecule has 8 nitrogen and oxygen atoms in total. The number of hydrogen-bond acceptors (Lipinski definition) is 4. The zero-order valence-electron chi connectivity index (χ0n) is 12.4. The Kier molecular flexibility index (Phi) is 6.32. The van der Waals surface area contributed by atoms with Crippen molar-refractivity contribution in [2.24, 2.45) is 21.6 Å². The van der Waals surface area contributed by atoms with E-state index in [-0.39, 0.29) is 10.5 Å². The monoisotopic (exact) mass is 327 g/mol. The minimum absolute atomic E-state index is 0.0385. The van der Waals surface area contributed by atoms with E-state index < -0.39 is 21.9 Å². The SMILES string of the molecule is CCCCCNc1ccc(C(=O)N=C(N)N)cc1S(N)(=O)=O. The Morgan fingerprint density at radius 1 is 1.27 bits per heavy atom. The zero-order chi connectivity index (χ0) is 16.8. The maximum atomic E-state index is 11.7. The van der Waals surface area contributed by atoms with Crippen LogP contribution < -0.4 is 21.9 Å². The number of benzene rings is 1. The lowest BCUT2D eigenvalue weighted by atomic mass is 10.2. The van der Waals surface area contributed by atoms with E-state index in [2.05, 4.69) is 17.2 Å². The molecule has 9 heteroatoms. The number of anilines is 1. The number of carbonyl (C=O) groups is 1. The first-order chi connectivity index (χ1) is 10.3. The highest BCUT2D eigenvalue weighted by molar-refractivity contribution is 7.89. The van der Waals surface area contributed by atoms with E-state index in [0.29, 0.717) is 12.2 Å². The van der Waals surface area contributed by atoms with Crippen LogP contribution in [0.5, 0.6) is 0 Å². The maximum absolute atomic E-state index is 11.7. The topological polar surface area (TPSA) is 154 Å². The van der Waals surface area contributed by atoms with Crippen molar-refractivity contribution in [1.29, 1.82) is 0 Å². The number of nitrogens with zero attached hydrogens (tertiary/aromatic N) is 1. The summed E-state index contributed by atoms with van der Waals surface area (Å²) in [6, 6.07) is 4.07. The molecule has 0 aliphatic rings. The lowest BCUT2D eigenvalue weighted by Gasteiger charge is -2.11. The number of primary sulfonamides is 1. The first-order valence-electron chi connectivity index (χ1n) is 6.80. The van der Waals surface area contributed by atoms with Gasteiger partial charge in [0.1, 0.15) is 4.90 Å². The van der Waals surface area contributed by atoms with Gasteiger partial charge in [-0.3, -0.25) is 4.79 Å². The van der Waals surface area contributed by atoms with E-state index in [4.69, 9.17) is 16.6 Å². The van der Waals surface area contributed by atoms with E-state index in [0.717, 1.165) is 25.3 Å². The van der Waals surface area contributed by atoms with Crippen molar-refractivity contribution in [3.05, 3.63) is 23.8 Å². The van der Waals surface area contributed by atoms with Gasteiger partial charge in [0.15, 0.2) is 5.96 Å². The van der Waals surface area contributed by atoms with Crippen LogP contribution in [0, 0.1) is 0 Å². The molecule has 0 radical (unpaired) electrons. The van der Waals surface area contributed by atoms with Gasteiger partial charge in [-0.1, -0.05) is 19.8 Å². The predicted octanol–water partition coefficient (Wildman–Crippen LogP) is 0.350. The molecule has 22 heavy (non-hydrogen) atoms. The van der Waals surface area contributed by atoms with Crippen molar-refractivity contribution >= 4 is 27.6 Å². The number of unbranched alkanes of at least 4 members (excludes halogenated alkanes) is 2. The molecule has 7 N–H and O–H groups in total. The second kappa shape index (κ2) is 7.76. The Morgan fingerprint density at radius 2 is 1.95 bits per heavy atom. The smallest absolute Gasteiger partial charge is 0.280 e. The Hall–Kier alpha value is -2.13. The first-order valence-corrected chi connectivity index (χ1v) is 8.35. The number of aliphatic imine (C=N–C) groups is 1. The highest BCUT2D eigenvalue weighted by Gasteiger charge is 2.17. The number of guanidine groups is 1. The van der Waals surface area contributed by atoms with Crippen LogP contribution in [0.2, 0.25) is 0 Å². The molecule has 0 saturated heterocycles. The zero-order valence-corrected chi connectivity index (χ0v) is 13.2. The number of hydrogen-bond donors (Lipinski definition) is 4. The summed E-state index contributed by atoms with van der Waals surface area (Å²) in [7, 11) is -3.99. The van der Waals surface area contributed by atoms with E-state index in [1.165, 1.54) is 12.1 Å². The summed E-state index contributed by atoms with van der Waals surface area (Å²) in [5.74, 6) is -1.13. The molecule has 1 aromatic rings. The fourth-order valence-electron chi connectivity index (χ4n) is 1.82. The van der Waals surface area contributed by atoms with Crippen molar-refractivity contribution < 1.29 is 13.2 Å². The Morgan fingerprint density at radius 3 is 2.50 bits per heavy atom. The highest BCUT2D eigenvalue weighted by Crippen LogP contribution is 2.22. The number of nitrogens with two attached hydrogens (primary N) is 3. The average molecular weight is 327 g/mol. The summed E-state index contributed by atoms with van der Waals surface area (Å²) in [5.41, 5.74) is 10.6. The van der Waals surface area contributed by atoms with E-state index in [1.54, 1.807) is 0 Å². The molecular weight excluding hydrogens is 306 g/mol. The molecule has 0 heterocycles. The molecular formula is C13H21N5O3S. The van der Waals surface area contributed by atoms with Crippen LogP contribution in [0.25, 0.3) is 0 Å². The molecule has 0 spiro atoms. The Bertz CT molecular complexity index is 666. The van der Waals surface area contributed by atoms with Crippen molar-refractivity contribution in [2.75, 3.05) is 11.9 Å².